The summed E-state index contributed by atoms with van der Waals surface area (Å²) in [6.45, 7) is 1.48. The molecule has 1 aromatic heterocycles. The predicted octanol–water partition coefficient (Wildman–Crippen LogP) is 4.78. The van der Waals surface area contributed by atoms with E-state index in [0.717, 1.165) is 13.8 Å². The molecule has 0 radical (unpaired) electrons. The Kier molecular flexibility index (Phi) is 6.78. The highest BCUT2D eigenvalue weighted by Crippen LogP contribution is 2.37. The van der Waals surface area contributed by atoms with E-state index in [4.69, 9.17) is 16.3 Å². The topological polar surface area (TPSA) is 97.2 Å². The number of phenols is 1. The van der Waals surface area contributed by atoms with E-state index >= 15 is 0 Å². The van der Waals surface area contributed by atoms with Crippen molar-refractivity contribution >= 4 is 17.5 Å². The van der Waals surface area contributed by atoms with E-state index in [-0.39, 0.29) is 35.0 Å². The molecule has 7 nitrogen and oxygen atoms in total. The van der Waals surface area contributed by atoms with Crippen LogP contribution in [0.25, 0.3) is 22.8 Å². The van der Waals surface area contributed by atoms with Gasteiger partial charge in [0, 0.05) is 17.7 Å². The van der Waals surface area contributed by atoms with Gasteiger partial charge in [0.25, 0.3) is 0 Å². The minimum Gasteiger partial charge on any atom is -0.508 e. The molecule has 2 N–H and O–H groups in total. The quantitative estimate of drug-likeness (QED) is 0.527. The Labute approximate surface area is 192 Å². The average Bonchev–Trinajstić information content (AvgIpc) is 2.77. The molecular formula is C22H20ClF3N4O3. The normalized spacial score (nSPS) is 11.8. The second-order valence-electron chi connectivity index (χ2n) is 7.64. The number of hydrogen-bond acceptors (Lipinski definition) is 6. The minimum atomic E-state index is -4.69. The van der Waals surface area contributed by atoms with Gasteiger partial charge < -0.3 is 15.2 Å². The predicted molar refractivity (Wildman–Crippen MR) is 116 cm³/mol. The molecule has 2 aromatic carbocycles. The molecule has 0 saturated heterocycles. The molecule has 33 heavy (non-hydrogen) atoms. The van der Waals surface area contributed by atoms with Crippen LogP contribution in [0.4, 0.5) is 13.2 Å². The monoisotopic (exact) mass is 480 g/mol. The van der Waals surface area contributed by atoms with Gasteiger partial charge in [0.2, 0.25) is 5.91 Å². The summed E-state index contributed by atoms with van der Waals surface area (Å²) >= 11 is 6.33. The van der Waals surface area contributed by atoms with Crippen LogP contribution < -0.4 is 10.1 Å². The number of hydrogen-bond donors (Lipinski definition) is 2. The molecule has 0 unspecified atom stereocenters. The Bertz CT molecular complexity index is 1170. The lowest BCUT2D eigenvalue weighted by Crippen LogP contribution is -2.46. The van der Waals surface area contributed by atoms with Crippen molar-refractivity contribution in [1.29, 1.82) is 0 Å². The van der Waals surface area contributed by atoms with Crippen molar-refractivity contribution in [3.63, 3.8) is 0 Å². The van der Waals surface area contributed by atoms with Crippen molar-refractivity contribution < 1.29 is 27.8 Å². The second-order valence-corrected chi connectivity index (χ2v) is 8.04. The lowest BCUT2D eigenvalue weighted by atomic mass is 9.91. The molecule has 3 rings (SSSR count). The molecule has 174 valence electrons. The van der Waals surface area contributed by atoms with Crippen LogP contribution in [0.2, 0.25) is 5.02 Å². The number of halogens is 4. The van der Waals surface area contributed by atoms with Gasteiger partial charge in [-0.2, -0.15) is 23.1 Å². The maximum Gasteiger partial charge on any atom is 0.402 e. The molecule has 0 saturated carbocycles. The summed E-state index contributed by atoms with van der Waals surface area (Å²) in [5.74, 6) is -0.647. The number of carbonyl (C=O) groups excluding carboxylic acids is 1. The van der Waals surface area contributed by atoms with Crippen molar-refractivity contribution in [3.8, 4) is 34.5 Å². The van der Waals surface area contributed by atoms with E-state index in [0.29, 0.717) is 16.7 Å². The largest absolute Gasteiger partial charge is 0.508 e. The first-order valence-electron chi connectivity index (χ1n) is 9.65. The highest BCUT2D eigenvalue weighted by Gasteiger charge is 2.52. The molecule has 0 aliphatic rings. The average molecular weight is 481 g/mol. The third-order valence-electron chi connectivity index (χ3n) is 4.92. The van der Waals surface area contributed by atoms with Gasteiger partial charge in [-0.05, 0) is 55.8 Å². The van der Waals surface area contributed by atoms with Crippen LogP contribution in [0.3, 0.4) is 0 Å². The summed E-state index contributed by atoms with van der Waals surface area (Å²) in [4.78, 5) is 24.9. The number of nitrogens with zero attached hydrogens (tertiary/aromatic N) is 3. The Morgan fingerprint density at radius 2 is 1.70 bits per heavy atom. The van der Waals surface area contributed by atoms with E-state index < -0.39 is 17.5 Å². The zero-order valence-electron chi connectivity index (χ0n) is 17.9. The van der Waals surface area contributed by atoms with Crippen molar-refractivity contribution in [1.82, 2.24) is 20.3 Å². The standard InChI is InChI=1S/C22H20ClF3N4O3/c1-21(2,22(24,25)26)19(32)27-11-12-4-9-16(23)15(10-12)18-28-17(29-20(30-18)33-3)13-5-7-14(31)8-6-13/h4-10,31H,11H2,1-3H3,(H,27,32). The first-order chi connectivity index (χ1) is 15.4. The van der Waals surface area contributed by atoms with Crippen LogP contribution in [0.5, 0.6) is 11.8 Å². The van der Waals surface area contributed by atoms with Crippen LogP contribution in [0, 0.1) is 5.41 Å². The summed E-state index contributed by atoms with van der Waals surface area (Å²) in [5, 5.41) is 12.1. The molecular weight excluding hydrogens is 461 g/mol. The number of aromatic nitrogens is 3. The Hall–Kier alpha value is -3.40. The Morgan fingerprint density at radius 1 is 1.06 bits per heavy atom. The van der Waals surface area contributed by atoms with E-state index in [2.05, 4.69) is 20.3 Å². The van der Waals surface area contributed by atoms with Crippen molar-refractivity contribution in [2.24, 2.45) is 5.41 Å². The lowest BCUT2D eigenvalue weighted by molar-refractivity contribution is -0.211. The van der Waals surface area contributed by atoms with E-state index in [1.54, 1.807) is 24.3 Å². The molecule has 0 fully saturated rings. The number of ether oxygens (including phenoxy) is 1. The van der Waals surface area contributed by atoms with Gasteiger partial charge in [-0.25, -0.2) is 4.98 Å². The first-order valence-corrected chi connectivity index (χ1v) is 10.0. The molecule has 0 bridgehead atoms. The van der Waals surface area contributed by atoms with Crippen molar-refractivity contribution in [3.05, 3.63) is 53.1 Å². The van der Waals surface area contributed by atoms with Gasteiger partial charge >= 0.3 is 12.2 Å². The van der Waals surface area contributed by atoms with Gasteiger partial charge in [0.05, 0.1) is 12.1 Å². The summed E-state index contributed by atoms with van der Waals surface area (Å²) in [7, 11) is 1.38. The Morgan fingerprint density at radius 3 is 2.30 bits per heavy atom. The molecule has 0 spiro atoms. The zero-order valence-corrected chi connectivity index (χ0v) is 18.6. The zero-order chi connectivity index (χ0) is 24.4. The molecule has 0 aliphatic carbocycles. The van der Waals surface area contributed by atoms with Crippen LogP contribution in [0.1, 0.15) is 19.4 Å². The number of amides is 1. The fraction of sp³-hybridized carbons (Fsp3) is 0.273. The second kappa shape index (κ2) is 9.22. The summed E-state index contributed by atoms with van der Waals surface area (Å²) in [5.41, 5.74) is -1.09. The van der Waals surface area contributed by atoms with Gasteiger partial charge in [-0.15, -0.1) is 0 Å². The smallest absolute Gasteiger partial charge is 0.402 e. The number of phenolic OH excluding ortho intramolecular Hbond substituents is 1. The number of nitrogens with one attached hydrogen (secondary N) is 1. The third kappa shape index (κ3) is 5.33. The van der Waals surface area contributed by atoms with Crippen LogP contribution in [-0.4, -0.2) is 39.3 Å². The summed E-state index contributed by atoms with van der Waals surface area (Å²) < 4.78 is 44.4. The number of alkyl halides is 3. The fourth-order valence-electron chi connectivity index (χ4n) is 2.69. The van der Waals surface area contributed by atoms with Gasteiger partial charge in [0.15, 0.2) is 11.6 Å². The van der Waals surface area contributed by atoms with E-state index in [1.807, 2.05) is 0 Å². The maximum absolute atomic E-state index is 13.1. The number of aromatic hydroxyl groups is 1. The number of carbonyl (C=O) groups is 1. The highest BCUT2D eigenvalue weighted by atomic mass is 35.5. The first kappa shape index (κ1) is 24.2. The van der Waals surface area contributed by atoms with E-state index in [9.17, 15) is 23.1 Å². The van der Waals surface area contributed by atoms with Gasteiger partial charge in [0.1, 0.15) is 11.2 Å². The molecule has 0 aliphatic heterocycles. The van der Waals surface area contributed by atoms with Crippen LogP contribution >= 0.6 is 11.6 Å². The van der Waals surface area contributed by atoms with E-state index in [1.165, 1.54) is 25.3 Å². The lowest BCUT2D eigenvalue weighted by Gasteiger charge is -2.26. The number of benzene rings is 2. The molecule has 0 atom stereocenters. The summed E-state index contributed by atoms with van der Waals surface area (Å²) in [6, 6.07) is 10.9. The van der Waals surface area contributed by atoms with Crippen molar-refractivity contribution in [2.75, 3.05) is 7.11 Å². The molecule has 1 heterocycles. The Balaban J connectivity index is 1.93. The molecule has 11 heteroatoms. The van der Waals surface area contributed by atoms with Crippen LogP contribution in [0.15, 0.2) is 42.5 Å². The highest BCUT2D eigenvalue weighted by molar-refractivity contribution is 6.33. The third-order valence-corrected chi connectivity index (χ3v) is 5.25. The van der Waals surface area contributed by atoms with Gasteiger partial charge in [-0.1, -0.05) is 17.7 Å². The van der Waals surface area contributed by atoms with Crippen molar-refractivity contribution in [2.45, 2.75) is 26.6 Å². The summed E-state index contributed by atoms with van der Waals surface area (Å²) in [6.07, 6.45) is -4.69. The fourth-order valence-corrected chi connectivity index (χ4v) is 2.90. The maximum atomic E-state index is 13.1. The van der Waals surface area contributed by atoms with Gasteiger partial charge in [-0.3, -0.25) is 4.79 Å². The minimum absolute atomic E-state index is 0.0183. The number of rotatable bonds is 6. The van der Waals surface area contributed by atoms with Crippen LogP contribution in [-0.2, 0) is 11.3 Å². The SMILES string of the molecule is COc1nc(-c2ccc(O)cc2)nc(-c2cc(CNC(=O)C(C)(C)C(F)(F)F)ccc2Cl)n1. The molecule has 1 amide bonds. The molecule has 3 aromatic rings. The number of methoxy groups -OCH3 is 1.